The number of ether oxygens (including phenoxy) is 1. The van der Waals surface area contributed by atoms with Crippen LogP contribution in [0.3, 0.4) is 0 Å². The maximum absolute atomic E-state index is 13.3. The number of phenolic OH excluding ortho intramolecular Hbond substituents is 1. The molecule has 2 aromatic carbocycles. The Morgan fingerprint density at radius 2 is 2.11 bits per heavy atom. The number of carbonyl (C=O) groups is 1. The SMILES string of the molecule is Cc1cccc(C=CC(=O)N(C)[C@H]2C[C@@H]3Oc4c(O)ccc5c4[C@@]34CCN(CC3CC3)[C@H](C5)[C@]4(O)C2)c1. The summed E-state index contributed by atoms with van der Waals surface area (Å²) in [5.41, 5.74) is 2.84. The molecule has 0 aromatic heterocycles. The molecule has 0 radical (unpaired) electrons. The predicted molar refractivity (Wildman–Crippen MR) is 142 cm³/mol. The quantitative estimate of drug-likeness (QED) is 0.611. The van der Waals surface area contributed by atoms with Crippen LogP contribution < -0.4 is 4.74 Å². The normalized spacial score (nSPS) is 33.8. The fraction of sp³-hybridized carbons (Fsp3) is 0.516. The van der Waals surface area contributed by atoms with Crippen molar-refractivity contribution >= 4 is 12.0 Å². The Balaban J connectivity index is 1.23. The first-order chi connectivity index (χ1) is 17.8. The van der Waals surface area contributed by atoms with Crippen molar-refractivity contribution in [2.45, 2.75) is 74.7 Å². The third-order valence-electron chi connectivity index (χ3n) is 10.0. The van der Waals surface area contributed by atoms with Gasteiger partial charge in [0, 0.05) is 43.7 Å². The third-order valence-corrected chi connectivity index (χ3v) is 10.0. The molecule has 3 fully saturated rings. The van der Waals surface area contributed by atoms with Crippen molar-refractivity contribution in [2.24, 2.45) is 5.92 Å². The van der Waals surface area contributed by atoms with Crippen molar-refractivity contribution in [1.82, 2.24) is 9.80 Å². The number of hydrogen-bond acceptors (Lipinski definition) is 5. The molecule has 2 saturated carbocycles. The molecule has 2 aromatic rings. The summed E-state index contributed by atoms with van der Waals surface area (Å²) < 4.78 is 6.52. The van der Waals surface area contributed by atoms with Crippen molar-refractivity contribution in [3.8, 4) is 11.5 Å². The van der Waals surface area contributed by atoms with Crippen LogP contribution in [0, 0.1) is 12.8 Å². The highest BCUT2D eigenvalue weighted by molar-refractivity contribution is 5.91. The van der Waals surface area contributed by atoms with Crippen molar-refractivity contribution in [1.29, 1.82) is 0 Å². The summed E-state index contributed by atoms with van der Waals surface area (Å²) in [6, 6.07) is 11.7. The second kappa shape index (κ2) is 8.08. The average molecular weight is 501 g/mol. The zero-order valence-corrected chi connectivity index (χ0v) is 21.7. The zero-order chi connectivity index (χ0) is 25.5. The molecule has 3 aliphatic carbocycles. The van der Waals surface area contributed by atoms with Gasteiger partial charge in [-0.05, 0) is 74.8 Å². The Bertz CT molecular complexity index is 1300. The average Bonchev–Trinajstić information content (AvgIpc) is 3.62. The van der Waals surface area contributed by atoms with E-state index in [0.29, 0.717) is 18.6 Å². The Morgan fingerprint density at radius 1 is 1.27 bits per heavy atom. The standard InChI is InChI=1S/C31H36N2O4/c1-19-4-3-5-20(14-19)8-11-27(35)32(2)23-16-26-30-12-13-33(18-21-6-7-21)25(31(30,36)17-23)15-22-9-10-24(34)29(37-26)28(22)30/h3-5,8-11,14,21,23,25-26,34,36H,6-7,12-13,15-18H2,1-2H3/t23-,25+,26-,30+,31+/m0/s1. The topological polar surface area (TPSA) is 73.2 Å². The number of aliphatic hydroxyl groups is 1. The highest BCUT2D eigenvalue weighted by atomic mass is 16.5. The molecule has 0 unspecified atom stereocenters. The third kappa shape index (κ3) is 3.34. The number of amides is 1. The molecule has 6 heteroatoms. The molecule has 2 aliphatic heterocycles. The number of likely N-dealkylation sites (tertiary alicyclic amines) is 1. The van der Waals surface area contributed by atoms with Crippen molar-refractivity contribution in [3.05, 3.63) is 64.7 Å². The van der Waals surface area contributed by atoms with Gasteiger partial charge in [-0.15, -0.1) is 0 Å². The van der Waals surface area contributed by atoms with E-state index < -0.39 is 11.0 Å². The van der Waals surface area contributed by atoms with Gasteiger partial charge in [-0.3, -0.25) is 9.69 Å². The first-order valence-electron chi connectivity index (χ1n) is 13.8. The molecule has 5 aliphatic rings. The number of piperidine rings is 1. The van der Waals surface area contributed by atoms with Crippen LogP contribution in [0.4, 0.5) is 0 Å². The number of nitrogens with zero attached hydrogens (tertiary/aromatic N) is 2. The number of aryl methyl sites for hydroxylation is 1. The van der Waals surface area contributed by atoms with Gasteiger partial charge in [-0.1, -0.05) is 35.9 Å². The molecular formula is C31H36N2O4. The Labute approximate surface area is 218 Å². The molecule has 2 N–H and O–H groups in total. The van der Waals surface area contributed by atoms with Gasteiger partial charge in [0.2, 0.25) is 5.91 Å². The van der Waals surface area contributed by atoms with Crippen LogP contribution in [0.25, 0.3) is 6.08 Å². The van der Waals surface area contributed by atoms with Crippen molar-refractivity contribution in [3.63, 3.8) is 0 Å². The van der Waals surface area contributed by atoms with Gasteiger partial charge in [0.05, 0.1) is 11.0 Å². The van der Waals surface area contributed by atoms with Crippen LogP contribution in [0.15, 0.2) is 42.5 Å². The number of phenols is 1. The van der Waals surface area contributed by atoms with Crippen molar-refractivity contribution < 1.29 is 19.7 Å². The van der Waals surface area contributed by atoms with Gasteiger partial charge >= 0.3 is 0 Å². The second-order valence-corrected chi connectivity index (χ2v) is 12.1. The smallest absolute Gasteiger partial charge is 0.246 e. The molecular weight excluding hydrogens is 464 g/mol. The number of rotatable bonds is 5. The van der Waals surface area contributed by atoms with E-state index >= 15 is 0 Å². The molecule has 194 valence electrons. The Kier molecular flexibility index (Phi) is 5.09. The molecule has 2 heterocycles. The largest absolute Gasteiger partial charge is 0.504 e. The van der Waals surface area contributed by atoms with Crippen LogP contribution in [0.5, 0.6) is 11.5 Å². The van der Waals surface area contributed by atoms with Gasteiger partial charge in [0.15, 0.2) is 11.5 Å². The van der Waals surface area contributed by atoms with Crippen LogP contribution in [-0.4, -0.2) is 69.8 Å². The molecule has 6 nitrogen and oxygen atoms in total. The van der Waals surface area contributed by atoms with Gasteiger partial charge in [0.1, 0.15) is 6.10 Å². The molecule has 5 atom stereocenters. The molecule has 2 bridgehead atoms. The molecule has 1 amide bonds. The summed E-state index contributed by atoms with van der Waals surface area (Å²) in [4.78, 5) is 17.6. The monoisotopic (exact) mass is 500 g/mol. The van der Waals surface area contributed by atoms with E-state index in [1.54, 1.807) is 17.0 Å². The minimum atomic E-state index is -1.02. The first-order valence-corrected chi connectivity index (χ1v) is 13.8. The lowest BCUT2D eigenvalue weighted by atomic mass is 9.48. The van der Waals surface area contributed by atoms with E-state index in [1.807, 2.05) is 44.3 Å². The highest BCUT2D eigenvalue weighted by Crippen LogP contribution is 2.65. The van der Waals surface area contributed by atoms with Crippen molar-refractivity contribution in [2.75, 3.05) is 20.1 Å². The van der Waals surface area contributed by atoms with E-state index in [2.05, 4.69) is 11.0 Å². The molecule has 1 spiro atoms. The van der Waals surface area contributed by atoms with Gasteiger partial charge < -0.3 is 19.8 Å². The fourth-order valence-corrected chi connectivity index (χ4v) is 8.02. The number of carbonyl (C=O) groups excluding carboxylic acids is 1. The number of benzene rings is 2. The second-order valence-electron chi connectivity index (χ2n) is 12.1. The summed E-state index contributed by atoms with van der Waals surface area (Å²) in [6.07, 6.45) is 8.53. The highest BCUT2D eigenvalue weighted by Gasteiger charge is 2.72. The lowest BCUT2D eigenvalue weighted by Gasteiger charge is -2.64. The molecule has 7 rings (SSSR count). The van der Waals surface area contributed by atoms with E-state index in [9.17, 15) is 15.0 Å². The van der Waals surface area contributed by atoms with Crippen LogP contribution in [-0.2, 0) is 16.6 Å². The summed E-state index contributed by atoms with van der Waals surface area (Å²) in [6.45, 7) is 4.02. The molecule has 1 saturated heterocycles. The fourth-order valence-electron chi connectivity index (χ4n) is 8.02. The van der Waals surface area contributed by atoms with Gasteiger partial charge in [-0.2, -0.15) is 0 Å². The van der Waals surface area contributed by atoms with Gasteiger partial charge in [-0.25, -0.2) is 0 Å². The maximum atomic E-state index is 13.3. The summed E-state index contributed by atoms with van der Waals surface area (Å²) in [5.74, 6) is 1.39. The summed E-state index contributed by atoms with van der Waals surface area (Å²) in [5, 5.41) is 23.5. The van der Waals surface area contributed by atoms with Gasteiger partial charge in [0.25, 0.3) is 0 Å². The van der Waals surface area contributed by atoms with E-state index in [-0.39, 0.29) is 29.8 Å². The minimum absolute atomic E-state index is 0.00918. The van der Waals surface area contributed by atoms with E-state index in [1.165, 1.54) is 18.4 Å². The van der Waals surface area contributed by atoms with Crippen LogP contribution in [0.2, 0.25) is 0 Å². The van der Waals surface area contributed by atoms with Crippen LogP contribution >= 0.6 is 0 Å². The predicted octanol–water partition coefficient (Wildman–Crippen LogP) is 3.81. The number of likely N-dealkylation sites (N-methyl/N-ethyl adjacent to an activating group) is 1. The minimum Gasteiger partial charge on any atom is -0.504 e. The molecule has 37 heavy (non-hydrogen) atoms. The Morgan fingerprint density at radius 3 is 2.89 bits per heavy atom. The maximum Gasteiger partial charge on any atom is 0.246 e. The Hall–Kier alpha value is -2.83. The first kappa shape index (κ1) is 23.3. The van der Waals surface area contributed by atoms with E-state index in [4.69, 9.17) is 4.74 Å². The lowest BCUT2D eigenvalue weighted by molar-refractivity contribution is -0.198. The zero-order valence-electron chi connectivity index (χ0n) is 21.7. The van der Waals surface area contributed by atoms with E-state index in [0.717, 1.165) is 48.5 Å². The lowest BCUT2D eigenvalue weighted by Crippen LogP contribution is -2.77. The number of hydrogen-bond donors (Lipinski definition) is 2. The number of aromatic hydroxyl groups is 1. The summed E-state index contributed by atoms with van der Waals surface area (Å²) >= 11 is 0. The van der Waals surface area contributed by atoms with Crippen LogP contribution in [0.1, 0.15) is 54.4 Å². The summed E-state index contributed by atoms with van der Waals surface area (Å²) in [7, 11) is 1.85.